The van der Waals surface area contributed by atoms with Gasteiger partial charge in [-0.1, -0.05) is 19.9 Å². The van der Waals surface area contributed by atoms with Crippen LogP contribution in [0.2, 0.25) is 0 Å². The molecule has 1 aliphatic rings. The van der Waals surface area contributed by atoms with Gasteiger partial charge in [-0.25, -0.2) is 0 Å². The molecule has 0 aliphatic carbocycles. The number of nitro groups is 1. The molecule has 1 aromatic rings. The van der Waals surface area contributed by atoms with Crippen LogP contribution in [0.3, 0.4) is 0 Å². The number of carbonyl (C=O) groups excluding carboxylic acids is 1. The monoisotopic (exact) mass is 320 g/mol. The molecule has 1 heterocycles. The van der Waals surface area contributed by atoms with E-state index in [-0.39, 0.29) is 29.6 Å². The van der Waals surface area contributed by atoms with Crippen LogP contribution < -0.4 is 0 Å². The van der Waals surface area contributed by atoms with Gasteiger partial charge in [0.15, 0.2) is 0 Å². The number of amides is 1. The highest BCUT2D eigenvalue weighted by molar-refractivity contribution is 5.97. The average molecular weight is 320 g/mol. The first-order valence-electron chi connectivity index (χ1n) is 7.47. The number of carboxylic acids is 1. The van der Waals surface area contributed by atoms with Gasteiger partial charge >= 0.3 is 5.97 Å². The predicted octanol–water partition coefficient (Wildman–Crippen LogP) is 2.48. The molecule has 2 rings (SSSR count). The fourth-order valence-corrected chi connectivity index (χ4v) is 3.02. The van der Waals surface area contributed by atoms with Crippen LogP contribution in [-0.2, 0) is 4.79 Å². The first kappa shape index (κ1) is 16.9. The summed E-state index contributed by atoms with van der Waals surface area (Å²) in [6.45, 7) is 5.84. The first-order valence-corrected chi connectivity index (χ1v) is 7.47. The van der Waals surface area contributed by atoms with Gasteiger partial charge in [0.2, 0.25) is 0 Å². The highest BCUT2D eigenvalue weighted by Crippen LogP contribution is 2.39. The molecule has 1 saturated heterocycles. The fourth-order valence-electron chi connectivity index (χ4n) is 3.02. The number of carboxylic acid groups (broad SMARTS) is 1. The Labute approximate surface area is 134 Å². The largest absolute Gasteiger partial charge is 0.481 e. The summed E-state index contributed by atoms with van der Waals surface area (Å²) in [5.74, 6) is -1.36. The SMILES string of the molecule is Cc1ccc([N+](=O)[O-])cc1C(=O)N1CCC(C(=O)O)(C(C)C)C1. The van der Waals surface area contributed by atoms with Crippen LogP contribution in [0, 0.1) is 28.4 Å². The van der Waals surface area contributed by atoms with Crippen molar-refractivity contribution in [1.29, 1.82) is 0 Å². The summed E-state index contributed by atoms with van der Waals surface area (Å²) in [7, 11) is 0. The Hall–Kier alpha value is -2.44. The van der Waals surface area contributed by atoms with Crippen molar-refractivity contribution in [3.63, 3.8) is 0 Å². The van der Waals surface area contributed by atoms with Crippen molar-refractivity contribution in [2.45, 2.75) is 27.2 Å². The Morgan fingerprint density at radius 3 is 2.52 bits per heavy atom. The number of hydrogen-bond acceptors (Lipinski definition) is 4. The summed E-state index contributed by atoms with van der Waals surface area (Å²) in [5, 5.41) is 20.4. The van der Waals surface area contributed by atoms with Gasteiger partial charge in [-0.3, -0.25) is 19.7 Å². The van der Waals surface area contributed by atoms with Gasteiger partial charge in [0, 0.05) is 30.8 Å². The van der Waals surface area contributed by atoms with E-state index in [1.54, 1.807) is 6.92 Å². The molecule has 1 fully saturated rings. The normalized spacial score (nSPS) is 20.8. The van der Waals surface area contributed by atoms with E-state index >= 15 is 0 Å². The lowest BCUT2D eigenvalue weighted by atomic mass is 9.76. The molecular formula is C16H20N2O5. The third kappa shape index (κ3) is 2.91. The van der Waals surface area contributed by atoms with Crippen LogP contribution in [0.25, 0.3) is 0 Å². The van der Waals surface area contributed by atoms with Crippen LogP contribution >= 0.6 is 0 Å². The standard InChI is InChI=1S/C16H20N2O5/c1-10(2)16(15(20)21)6-7-17(9-16)14(19)13-8-12(18(22)23)5-4-11(13)3/h4-5,8,10H,6-7,9H2,1-3H3,(H,20,21). The number of nitro benzene ring substituents is 1. The minimum atomic E-state index is -0.954. The molecule has 1 aromatic carbocycles. The predicted molar refractivity (Wildman–Crippen MR) is 83.3 cm³/mol. The number of aliphatic carboxylic acids is 1. The van der Waals surface area contributed by atoms with Crippen molar-refractivity contribution in [1.82, 2.24) is 4.90 Å². The van der Waals surface area contributed by atoms with Crippen LogP contribution in [0.1, 0.15) is 36.2 Å². The topological polar surface area (TPSA) is 101 Å². The van der Waals surface area contributed by atoms with E-state index in [9.17, 15) is 24.8 Å². The average Bonchev–Trinajstić information content (AvgIpc) is 2.93. The summed E-state index contributed by atoms with van der Waals surface area (Å²) in [5.41, 5.74) is -0.210. The smallest absolute Gasteiger partial charge is 0.311 e. The zero-order valence-corrected chi connectivity index (χ0v) is 13.4. The van der Waals surface area contributed by atoms with Gasteiger partial charge in [-0.15, -0.1) is 0 Å². The number of non-ortho nitro benzene ring substituents is 1. The molecule has 0 aromatic heterocycles. The number of aryl methyl sites for hydroxylation is 1. The first-order chi connectivity index (χ1) is 10.7. The van der Waals surface area contributed by atoms with Crippen molar-refractivity contribution < 1.29 is 19.6 Å². The maximum Gasteiger partial charge on any atom is 0.311 e. The lowest BCUT2D eigenvalue weighted by Gasteiger charge is -2.28. The fraction of sp³-hybridized carbons (Fsp3) is 0.500. The van der Waals surface area contributed by atoms with Crippen LogP contribution in [0.4, 0.5) is 5.69 Å². The van der Waals surface area contributed by atoms with Crippen molar-refractivity contribution in [3.05, 3.63) is 39.4 Å². The van der Waals surface area contributed by atoms with E-state index in [0.29, 0.717) is 18.5 Å². The van der Waals surface area contributed by atoms with E-state index in [0.717, 1.165) is 0 Å². The van der Waals surface area contributed by atoms with Crippen molar-refractivity contribution >= 4 is 17.6 Å². The van der Waals surface area contributed by atoms with Gasteiger partial charge in [0.25, 0.3) is 11.6 Å². The Morgan fingerprint density at radius 2 is 2.04 bits per heavy atom. The molecule has 23 heavy (non-hydrogen) atoms. The van der Waals surface area contributed by atoms with Crippen LogP contribution in [0.15, 0.2) is 18.2 Å². The van der Waals surface area contributed by atoms with Crippen molar-refractivity contribution in [2.75, 3.05) is 13.1 Å². The number of likely N-dealkylation sites (tertiary alicyclic amines) is 1. The summed E-state index contributed by atoms with van der Waals surface area (Å²) in [4.78, 5) is 36.2. The van der Waals surface area contributed by atoms with E-state index < -0.39 is 16.3 Å². The number of benzene rings is 1. The number of nitrogens with zero attached hydrogens (tertiary/aromatic N) is 2. The van der Waals surface area contributed by atoms with E-state index in [2.05, 4.69) is 0 Å². The zero-order valence-electron chi connectivity index (χ0n) is 13.4. The molecule has 1 unspecified atom stereocenters. The van der Waals surface area contributed by atoms with E-state index in [1.165, 1.54) is 23.1 Å². The molecule has 1 amide bonds. The molecule has 1 N–H and O–H groups in total. The maximum atomic E-state index is 12.7. The number of rotatable bonds is 4. The van der Waals surface area contributed by atoms with Gasteiger partial charge < -0.3 is 10.0 Å². The van der Waals surface area contributed by atoms with Crippen LogP contribution in [0.5, 0.6) is 0 Å². The summed E-state index contributed by atoms with van der Waals surface area (Å²) >= 11 is 0. The van der Waals surface area contributed by atoms with Crippen molar-refractivity contribution in [3.8, 4) is 0 Å². The minimum absolute atomic E-state index is 0.107. The van der Waals surface area contributed by atoms with E-state index in [1.807, 2.05) is 13.8 Å². The van der Waals surface area contributed by atoms with Crippen LogP contribution in [-0.4, -0.2) is 39.9 Å². The molecule has 0 bridgehead atoms. The number of hydrogen-bond donors (Lipinski definition) is 1. The van der Waals surface area contributed by atoms with Gasteiger partial charge in [-0.05, 0) is 24.8 Å². The quantitative estimate of drug-likeness (QED) is 0.678. The third-order valence-electron chi connectivity index (χ3n) is 4.78. The molecule has 124 valence electrons. The molecule has 7 nitrogen and oxygen atoms in total. The molecule has 0 saturated carbocycles. The van der Waals surface area contributed by atoms with Gasteiger partial charge in [0.05, 0.1) is 10.3 Å². The molecule has 1 atom stereocenters. The lowest BCUT2D eigenvalue weighted by Crippen LogP contribution is -2.40. The highest BCUT2D eigenvalue weighted by atomic mass is 16.6. The van der Waals surface area contributed by atoms with Gasteiger partial charge in [0.1, 0.15) is 0 Å². The van der Waals surface area contributed by atoms with Crippen molar-refractivity contribution in [2.24, 2.45) is 11.3 Å². The molecule has 0 radical (unpaired) electrons. The zero-order chi connectivity index (χ0) is 17.4. The van der Waals surface area contributed by atoms with Gasteiger partial charge in [-0.2, -0.15) is 0 Å². The second kappa shape index (κ2) is 5.98. The molecule has 0 spiro atoms. The van der Waals surface area contributed by atoms with E-state index in [4.69, 9.17) is 0 Å². The Balaban J connectivity index is 2.31. The molecule has 7 heteroatoms. The Morgan fingerprint density at radius 1 is 1.39 bits per heavy atom. The highest BCUT2D eigenvalue weighted by Gasteiger charge is 2.48. The summed E-state index contributed by atoms with van der Waals surface area (Å²) in [6, 6.07) is 4.15. The molecular weight excluding hydrogens is 300 g/mol. The Bertz CT molecular complexity index is 670. The lowest BCUT2D eigenvalue weighted by molar-refractivity contribution is -0.384. The summed E-state index contributed by atoms with van der Waals surface area (Å²) in [6.07, 6.45) is 0.389. The molecule has 1 aliphatic heterocycles. The second-order valence-corrected chi connectivity index (χ2v) is 6.35. The minimum Gasteiger partial charge on any atom is -0.481 e. The third-order valence-corrected chi connectivity index (χ3v) is 4.78. The second-order valence-electron chi connectivity index (χ2n) is 6.35. The summed E-state index contributed by atoms with van der Waals surface area (Å²) < 4.78 is 0. The maximum absolute atomic E-state index is 12.7. The number of carbonyl (C=O) groups is 2. The Kier molecular flexibility index (Phi) is 4.40.